The smallest absolute Gasteiger partial charge is 0.166 e. The molecule has 3 heteroatoms. The van der Waals surface area contributed by atoms with Crippen LogP contribution in [0.5, 0.6) is 0 Å². The molecule has 0 nitrogen and oxygen atoms in total. The van der Waals surface area contributed by atoms with E-state index in [4.69, 9.17) is 0 Å². The third-order valence-electron chi connectivity index (χ3n) is 1.91. The molecule has 1 aliphatic carbocycles. The van der Waals surface area contributed by atoms with Gasteiger partial charge in [0.15, 0.2) is 0 Å². The fraction of sp³-hybridized carbons (Fsp3) is 0.714. The van der Waals surface area contributed by atoms with Crippen LogP contribution in [0, 0.1) is 0 Å². The topological polar surface area (TPSA) is 0 Å². The molecular weight excluding hydrogens is 141 g/mol. The Hall–Kier alpha value is -0.470. The molecule has 0 unspecified atom stereocenters. The molecule has 0 heterocycles. The van der Waals surface area contributed by atoms with E-state index in [1.165, 1.54) is 0 Å². The molecule has 10 heavy (non-hydrogen) atoms. The van der Waals surface area contributed by atoms with Crippen molar-refractivity contribution in [1.29, 1.82) is 0 Å². The number of alkyl halides is 3. The lowest BCUT2D eigenvalue weighted by molar-refractivity contribution is -0.0928. The molecular formula is C7H9F3. The Morgan fingerprint density at radius 3 is 1.90 bits per heavy atom. The fourth-order valence-corrected chi connectivity index (χ4v) is 0.929. The quantitative estimate of drug-likeness (QED) is 0.465. The van der Waals surface area contributed by atoms with Gasteiger partial charge in [0.2, 0.25) is 0 Å². The van der Waals surface area contributed by atoms with Gasteiger partial charge in [-0.05, 0) is 26.2 Å². The largest absolute Gasteiger partial charge is 0.412 e. The molecule has 0 aromatic heterocycles. The summed E-state index contributed by atoms with van der Waals surface area (Å²) in [5, 5.41) is 0. The lowest BCUT2D eigenvalue weighted by Crippen LogP contribution is -2.14. The Morgan fingerprint density at radius 1 is 1.30 bits per heavy atom. The molecule has 58 valence electrons. The van der Waals surface area contributed by atoms with Crippen LogP contribution in [0.25, 0.3) is 0 Å². The first kappa shape index (κ1) is 7.63. The average Bonchev–Trinajstić information content (AvgIpc) is 1.57. The summed E-state index contributed by atoms with van der Waals surface area (Å²) >= 11 is 0. The molecule has 0 N–H and O–H groups in total. The molecule has 1 saturated carbocycles. The summed E-state index contributed by atoms with van der Waals surface area (Å²) in [6.45, 7) is 1.16. The maximum atomic E-state index is 11.9. The summed E-state index contributed by atoms with van der Waals surface area (Å²) in [6, 6.07) is 0. The lowest BCUT2D eigenvalue weighted by atomic mass is 9.88. The van der Waals surface area contributed by atoms with Gasteiger partial charge in [0, 0.05) is 5.57 Å². The van der Waals surface area contributed by atoms with Gasteiger partial charge in [0.05, 0.1) is 0 Å². The molecule has 0 radical (unpaired) electrons. The van der Waals surface area contributed by atoms with E-state index >= 15 is 0 Å². The maximum Gasteiger partial charge on any atom is 0.412 e. The molecule has 1 aliphatic rings. The Labute approximate surface area is 57.7 Å². The summed E-state index contributed by atoms with van der Waals surface area (Å²) in [5.41, 5.74) is 0.214. The number of hydrogen-bond acceptors (Lipinski definition) is 0. The minimum Gasteiger partial charge on any atom is -0.166 e. The van der Waals surface area contributed by atoms with E-state index in [1.807, 2.05) is 0 Å². The highest BCUT2D eigenvalue weighted by molar-refractivity contribution is 5.21. The first-order valence-corrected chi connectivity index (χ1v) is 3.27. The lowest BCUT2D eigenvalue weighted by Gasteiger charge is -2.21. The second-order valence-electron chi connectivity index (χ2n) is 2.58. The van der Waals surface area contributed by atoms with Crippen molar-refractivity contribution in [3.63, 3.8) is 0 Å². The molecule has 0 atom stereocenters. The zero-order valence-electron chi connectivity index (χ0n) is 5.76. The number of hydrogen-bond donors (Lipinski definition) is 0. The van der Waals surface area contributed by atoms with Gasteiger partial charge in [-0.1, -0.05) is 5.57 Å². The van der Waals surface area contributed by atoms with Crippen LogP contribution in [-0.4, -0.2) is 6.18 Å². The molecule has 0 aliphatic heterocycles. The Morgan fingerprint density at radius 2 is 1.80 bits per heavy atom. The van der Waals surface area contributed by atoms with Crippen molar-refractivity contribution in [3.05, 3.63) is 11.1 Å². The Bertz CT molecular complexity index is 158. The van der Waals surface area contributed by atoms with E-state index in [-0.39, 0.29) is 5.57 Å². The molecule has 0 saturated heterocycles. The van der Waals surface area contributed by atoms with Crippen LogP contribution in [0.3, 0.4) is 0 Å². The molecule has 0 bridgehead atoms. The van der Waals surface area contributed by atoms with Gasteiger partial charge in [0.1, 0.15) is 0 Å². The maximum absolute atomic E-state index is 11.9. The molecule has 1 rings (SSSR count). The van der Waals surface area contributed by atoms with Crippen molar-refractivity contribution in [3.8, 4) is 0 Å². The summed E-state index contributed by atoms with van der Waals surface area (Å²) in [4.78, 5) is 0. The zero-order valence-corrected chi connectivity index (χ0v) is 5.76. The van der Waals surface area contributed by atoms with Crippen LogP contribution < -0.4 is 0 Å². The van der Waals surface area contributed by atoms with Crippen LogP contribution in [0.15, 0.2) is 11.1 Å². The van der Waals surface area contributed by atoms with Crippen LogP contribution in [0.2, 0.25) is 0 Å². The van der Waals surface area contributed by atoms with Crippen LogP contribution in [0.4, 0.5) is 13.2 Å². The summed E-state index contributed by atoms with van der Waals surface area (Å²) < 4.78 is 35.6. The molecule has 0 amide bonds. The van der Waals surface area contributed by atoms with Gasteiger partial charge in [0.25, 0.3) is 0 Å². The number of rotatable bonds is 0. The van der Waals surface area contributed by atoms with E-state index in [2.05, 4.69) is 0 Å². The highest BCUT2D eigenvalue weighted by Gasteiger charge is 2.33. The predicted molar refractivity (Wildman–Crippen MR) is 32.6 cm³/mol. The van der Waals surface area contributed by atoms with Crippen LogP contribution in [0.1, 0.15) is 26.2 Å². The Balaban J connectivity index is 2.71. The van der Waals surface area contributed by atoms with Crippen LogP contribution in [-0.2, 0) is 0 Å². The first-order valence-electron chi connectivity index (χ1n) is 3.27. The van der Waals surface area contributed by atoms with Crippen molar-refractivity contribution in [2.75, 3.05) is 0 Å². The summed E-state index contributed by atoms with van der Waals surface area (Å²) in [5.74, 6) is 0. The van der Waals surface area contributed by atoms with Gasteiger partial charge in [-0.3, -0.25) is 0 Å². The minimum atomic E-state index is -4.09. The van der Waals surface area contributed by atoms with Gasteiger partial charge in [-0.15, -0.1) is 0 Å². The second-order valence-corrected chi connectivity index (χ2v) is 2.58. The van der Waals surface area contributed by atoms with Crippen molar-refractivity contribution in [1.82, 2.24) is 0 Å². The van der Waals surface area contributed by atoms with E-state index in [1.54, 1.807) is 0 Å². The van der Waals surface area contributed by atoms with Crippen molar-refractivity contribution >= 4 is 0 Å². The highest BCUT2D eigenvalue weighted by atomic mass is 19.4. The number of allylic oxidation sites excluding steroid dienone is 2. The van der Waals surface area contributed by atoms with E-state index < -0.39 is 6.18 Å². The first-order chi connectivity index (χ1) is 4.52. The fourth-order valence-electron chi connectivity index (χ4n) is 0.929. The zero-order chi connectivity index (χ0) is 7.78. The summed E-state index contributed by atoms with van der Waals surface area (Å²) in [6.07, 6.45) is -1.88. The van der Waals surface area contributed by atoms with Crippen molar-refractivity contribution in [2.24, 2.45) is 0 Å². The van der Waals surface area contributed by atoms with Gasteiger partial charge in [-0.2, -0.15) is 13.2 Å². The van der Waals surface area contributed by atoms with E-state index in [0.717, 1.165) is 13.3 Å². The monoisotopic (exact) mass is 150 g/mol. The van der Waals surface area contributed by atoms with Crippen molar-refractivity contribution < 1.29 is 13.2 Å². The van der Waals surface area contributed by atoms with E-state index in [9.17, 15) is 13.2 Å². The molecule has 0 aromatic carbocycles. The van der Waals surface area contributed by atoms with Crippen molar-refractivity contribution in [2.45, 2.75) is 32.4 Å². The second kappa shape index (κ2) is 2.29. The third-order valence-corrected chi connectivity index (χ3v) is 1.91. The van der Waals surface area contributed by atoms with Gasteiger partial charge >= 0.3 is 6.18 Å². The third kappa shape index (κ3) is 1.33. The summed E-state index contributed by atoms with van der Waals surface area (Å²) in [7, 11) is 0. The van der Waals surface area contributed by atoms with Gasteiger partial charge in [-0.25, -0.2) is 0 Å². The molecule has 0 spiro atoms. The average molecular weight is 150 g/mol. The Kier molecular flexibility index (Phi) is 1.75. The van der Waals surface area contributed by atoms with Gasteiger partial charge < -0.3 is 0 Å². The molecule has 1 fully saturated rings. The number of halogens is 3. The highest BCUT2D eigenvalue weighted by Crippen LogP contribution is 2.36. The van der Waals surface area contributed by atoms with Crippen LogP contribution >= 0.6 is 0 Å². The normalized spacial score (nSPS) is 18.6. The predicted octanol–water partition coefficient (Wildman–Crippen LogP) is 3.05. The van der Waals surface area contributed by atoms with E-state index in [0.29, 0.717) is 18.4 Å². The molecule has 0 aromatic rings. The standard InChI is InChI=1S/C7H9F3/c1-5(7(8,9)10)6-3-2-4-6/h2-4H2,1H3. The minimum absolute atomic E-state index is 0.376. The SMILES string of the molecule is CC(=C1CCC1)C(F)(F)F.